The van der Waals surface area contributed by atoms with Gasteiger partial charge in [0.2, 0.25) is 5.78 Å². The highest BCUT2D eigenvalue weighted by Gasteiger charge is 2.27. The predicted molar refractivity (Wildman–Crippen MR) is 114 cm³/mol. The molecule has 0 N–H and O–H groups in total. The molecule has 1 fully saturated rings. The molecule has 1 aliphatic rings. The lowest BCUT2D eigenvalue weighted by Crippen LogP contribution is -2.41. The van der Waals surface area contributed by atoms with Gasteiger partial charge in [0.1, 0.15) is 11.3 Å². The third kappa shape index (κ3) is 3.79. The Morgan fingerprint density at radius 1 is 1.17 bits per heavy atom. The van der Waals surface area contributed by atoms with Crippen molar-refractivity contribution >= 4 is 28.9 Å². The zero-order valence-electron chi connectivity index (χ0n) is 16.5. The van der Waals surface area contributed by atoms with E-state index < -0.39 is 0 Å². The highest BCUT2D eigenvalue weighted by molar-refractivity contribution is 6.34. The van der Waals surface area contributed by atoms with Crippen molar-refractivity contribution in [2.75, 3.05) is 6.54 Å². The summed E-state index contributed by atoms with van der Waals surface area (Å²) in [5.41, 5.74) is 2.07. The van der Waals surface area contributed by atoms with Crippen LogP contribution in [0.5, 0.6) is 0 Å². The van der Waals surface area contributed by atoms with E-state index in [1.165, 1.54) is 6.42 Å². The summed E-state index contributed by atoms with van der Waals surface area (Å²) in [5, 5.41) is 0.309. The first-order chi connectivity index (χ1) is 14.1. The number of carbonyl (C=O) groups is 2. The van der Waals surface area contributed by atoms with Crippen LogP contribution in [-0.4, -0.2) is 38.6 Å². The number of hydrogen-bond acceptors (Lipinski definition) is 3. The number of nitrogens with zero attached hydrogens (tertiary/aromatic N) is 3. The van der Waals surface area contributed by atoms with E-state index in [0.29, 0.717) is 34.0 Å². The summed E-state index contributed by atoms with van der Waals surface area (Å²) in [4.78, 5) is 32.3. The molecule has 150 valence electrons. The molecule has 0 saturated heterocycles. The fourth-order valence-corrected chi connectivity index (χ4v) is 4.45. The third-order valence-corrected chi connectivity index (χ3v) is 6.04. The Morgan fingerprint density at radius 2 is 1.97 bits per heavy atom. The van der Waals surface area contributed by atoms with Crippen LogP contribution in [-0.2, 0) is 0 Å². The van der Waals surface area contributed by atoms with Gasteiger partial charge in [0.15, 0.2) is 0 Å². The van der Waals surface area contributed by atoms with Gasteiger partial charge in [-0.05, 0) is 44.0 Å². The van der Waals surface area contributed by atoms with Gasteiger partial charge < -0.3 is 4.90 Å². The van der Waals surface area contributed by atoms with Crippen LogP contribution in [0.15, 0.2) is 48.8 Å². The average molecular weight is 410 g/mol. The standard InChI is InChI=1S/C23H24ClN3O2/c1-2-26(17-8-4-3-5-9-17)23(29)18-12-11-16(14-19(18)24)22(28)20-15-25-21-10-6-7-13-27(20)21/h6-7,10-15,17H,2-5,8-9H2,1H3. The molecular weight excluding hydrogens is 386 g/mol. The van der Waals surface area contributed by atoms with Crippen molar-refractivity contribution < 1.29 is 9.59 Å². The Morgan fingerprint density at radius 3 is 2.69 bits per heavy atom. The Labute approximate surface area is 175 Å². The second-order valence-corrected chi connectivity index (χ2v) is 7.89. The lowest BCUT2D eigenvalue weighted by atomic mass is 9.93. The number of pyridine rings is 1. The Kier molecular flexibility index (Phi) is 5.67. The molecule has 1 aliphatic carbocycles. The van der Waals surface area contributed by atoms with Gasteiger partial charge >= 0.3 is 0 Å². The SMILES string of the molecule is CCN(C(=O)c1ccc(C(=O)c2cnc3ccccn23)cc1Cl)C1CCCCC1. The van der Waals surface area contributed by atoms with Crippen LogP contribution in [0.1, 0.15) is 65.4 Å². The van der Waals surface area contributed by atoms with E-state index in [1.807, 2.05) is 30.0 Å². The summed E-state index contributed by atoms with van der Waals surface area (Å²) in [6.45, 7) is 2.66. The number of carbonyl (C=O) groups excluding carboxylic acids is 2. The minimum Gasteiger partial charge on any atom is -0.336 e. The largest absolute Gasteiger partial charge is 0.336 e. The molecule has 6 heteroatoms. The number of benzene rings is 1. The monoisotopic (exact) mass is 409 g/mol. The van der Waals surface area contributed by atoms with Crippen LogP contribution in [0.4, 0.5) is 0 Å². The molecule has 29 heavy (non-hydrogen) atoms. The number of ketones is 1. The van der Waals surface area contributed by atoms with Crippen molar-refractivity contribution in [2.45, 2.75) is 45.1 Å². The number of hydrogen-bond donors (Lipinski definition) is 0. The number of rotatable bonds is 5. The molecule has 0 spiro atoms. The number of aromatic nitrogens is 2. The number of fused-ring (bicyclic) bond motifs is 1. The maximum absolute atomic E-state index is 13.1. The van der Waals surface area contributed by atoms with Gasteiger partial charge in [0.05, 0.1) is 16.8 Å². The maximum atomic E-state index is 13.1. The topological polar surface area (TPSA) is 54.7 Å². The Hall–Kier alpha value is -2.66. The molecule has 1 amide bonds. The zero-order chi connectivity index (χ0) is 20.4. The van der Waals surface area contributed by atoms with Gasteiger partial charge in [-0.3, -0.25) is 14.0 Å². The van der Waals surface area contributed by atoms with Crippen molar-refractivity contribution in [3.05, 3.63) is 70.6 Å². The predicted octanol–water partition coefficient (Wildman–Crippen LogP) is 5.01. The van der Waals surface area contributed by atoms with E-state index in [2.05, 4.69) is 4.98 Å². The van der Waals surface area contributed by atoms with Crippen molar-refractivity contribution in [2.24, 2.45) is 0 Å². The van der Waals surface area contributed by atoms with Crippen molar-refractivity contribution in [3.8, 4) is 0 Å². The van der Waals surface area contributed by atoms with Gasteiger partial charge in [0, 0.05) is 24.3 Å². The fraction of sp³-hybridized carbons (Fsp3) is 0.348. The molecule has 1 saturated carbocycles. The summed E-state index contributed by atoms with van der Waals surface area (Å²) in [6, 6.07) is 10.8. The van der Waals surface area contributed by atoms with E-state index in [1.54, 1.807) is 35.0 Å². The zero-order valence-corrected chi connectivity index (χ0v) is 17.2. The molecule has 2 aromatic heterocycles. The fourth-order valence-electron chi connectivity index (χ4n) is 4.19. The van der Waals surface area contributed by atoms with Crippen molar-refractivity contribution in [1.82, 2.24) is 14.3 Å². The number of amides is 1. The smallest absolute Gasteiger partial charge is 0.255 e. The van der Waals surface area contributed by atoms with Crippen molar-refractivity contribution in [3.63, 3.8) is 0 Å². The molecule has 5 nitrogen and oxygen atoms in total. The minimum absolute atomic E-state index is 0.0572. The van der Waals surface area contributed by atoms with Gasteiger partial charge in [-0.25, -0.2) is 4.98 Å². The molecule has 0 radical (unpaired) electrons. The summed E-state index contributed by atoms with van der Waals surface area (Å²) in [6.07, 6.45) is 9.02. The Bertz CT molecular complexity index is 1050. The highest BCUT2D eigenvalue weighted by Crippen LogP contribution is 2.27. The average Bonchev–Trinajstić information content (AvgIpc) is 3.18. The first kappa shape index (κ1) is 19.6. The minimum atomic E-state index is -0.177. The summed E-state index contributed by atoms with van der Waals surface area (Å²) >= 11 is 6.47. The second-order valence-electron chi connectivity index (χ2n) is 7.48. The Balaban J connectivity index is 1.60. The first-order valence-electron chi connectivity index (χ1n) is 10.2. The second kappa shape index (κ2) is 8.37. The molecule has 1 aromatic carbocycles. The molecule has 0 unspecified atom stereocenters. The van der Waals surface area contributed by atoms with Gasteiger partial charge in [-0.2, -0.15) is 0 Å². The van der Waals surface area contributed by atoms with Crippen molar-refractivity contribution in [1.29, 1.82) is 0 Å². The maximum Gasteiger partial charge on any atom is 0.255 e. The van der Waals surface area contributed by atoms with E-state index in [9.17, 15) is 9.59 Å². The van der Waals surface area contributed by atoms with E-state index in [-0.39, 0.29) is 17.7 Å². The quantitative estimate of drug-likeness (QED) is 0.556. The van der Waals surface area contributed by atoms with E-state index in [0.717, 1.165) is 25.7 Å². The molecule has 0 aliphatic heterocycles. The van der Waals surface area contributed by atoms with Crippen LogP contribution >= 0.6 is 11.6 Å². The number of halogens is 1. The first-order valence-corrected chi connectivity index (χ1v) is 10.5. The normalized spacial score (nSPS) is 14.8. The van der Waals surface area contributed by atoms with E-state index in [4.69, 9.17) is 11.6 Å². The van der Waals surface area contributed by atoms with Crippen LogP contribution in [0.3, 0.4) is 0 Å². The van der Waals surface area contributed by atoms with Gasteiger partial charge in [0.25, 0.3) is 5.91 Å². The summed E-state index contributed by atoms with van der Waals surface area (Å²) in [5.74, 6) is -0.234. The third-order valence-electron chi connectivity index (χ3n) is 5.73. The molecule has 3 aromatic rings. The van der Waals surface area contributed by atoms with Gasteiger partial charge in [-0.1, -0.05) is 43.0 Å². The van der Waals surface area contributed by atoms with Crippen LogP contribution in [0.25, 0.3) is 5.65 Å². The molecule has 4 rings (SSSR count). The molecule has 0 bridgehead atoms. The summed E-state index contributed by atoms with van der Waals surface area (Å²) in [7, 11) is 0. The number of imidazole rings is 1. The highest BCUT2D eigenvalue weighted by atomic mass is 35.5. The summed E-state index contributed by atoms with van der Waals surface area (Å²) < 4.78 is 1.75. The molecular formula is C23H24ClN3O2. The lowest BCUT2D eigenvalue weighted by molar-refractivity contribution is 0.0648. The van der Waals surface area contributed by atoms with Crippen LogP contribution in [0, 0.1) is 0 Å². The lowest BCUT2D eigenvalue weighted by Gasteiger charge is -2.33. The van der Waals surface area contributed by atoms with Crippen LogP contribution < -0.4 is 0 Å². The molecule has 0 atom stereocenters. The van der Waals surface area contributed by atoms with E-state index >= 15 is 0 Å². The molecule has 2 heterocycles. The van der Waals surface area contributed by atoms with Gasteiger partial charge in [-0.15, -0.1) is 0 Å². The van der Waals surface area contributed by atoms with Crippen LogP contribution in [0.2, 0.25) is 5.02 Å².